The van der Waals surface area contributed by atoms with E-state index >= 15 is 0 Å². The lowest BCUT2D eigenvalue weighted by atomic mass is 10.2. The maximum absolute atomic E-state index is 12.1. The summed E-state index contributed by atoms with van der Waals surface area (Å²) in [5.41, 5.74) is 2.65. The first-order valence-electron chi connectivity index (χ1n) is 9.07. The molecule has 0 bridgehead atoms. The number of hydrogen-bond donors (Lipinski definition) is 1. The van der Waals surface area contributed by atoms with E-state index < -0.39 is 0 Å². The van der Waals surface area contributed by atoms with Crippen molar-refractivity contribution in [2.75, 3.05) is 24.5 Å². The van der Waals surface area contributed by atoms with Gasteiger partial charge >= 0.3 is 0 Å². The summed E-state index contributed by atoms with van der Waals surface area (Å²) in [5, 5.41) is 3.30. The van der Waals surface area contributed by atoms with E-state index in [1.165, 1.54) is 11.8 Å². The van der Waals surface area contributed by atoms with E-state index in [-0.39, 0.29) is 5.91 Å². The van der Waals surface area contributed by atoms with Gasteiger partial charge in [0.05, 0.1) is 5.69 Å². The Kier molecular flexibility index (Phi) is 6.49. The van der Waals surface area contributed by atoms with Gasteiger partial charge in [-0.05, 0) is 43.7 Å². The van der Waals surface area contributed by atoms with Crippen LogP contribution in [-0.2, 0) is 4.79 Å². The van der Waals surface area contributed by atoms with Crippen molar-refractivity contribution in [3.8, 4) is 0 Å². The summed E-state index contributed by atoms with van der Waals surface area (Å²) in [6.07, 6.45) is 5.94. The van der Waals surface area contributed by atoms with Crippen molar-refractivity contribution in [1.82, 2.24) is 14.7 Å². The quantitative estimate of drug-likeness (QED) is 0.472. The van der Waals surface area contributed by atoms with Crippen molar-refractivity contribution in [1.29, 1.82) is 0 Å². The summed E-state index contributed by atoms with van der Waals surface area (Å²) in [6, 6.07) is 16.0. The second-order valence-corrected chi connectivity index (χ2v) is 6.47. The van der Waals surface area contributed by atoms with Crippen LogP contribution in [0, 0.1) is 0 Å². The van der Waals surface area contributed by atoms with Crippen LogP contribution in [0.15, 0.2) is 60.8 Å². The fraction of sp³-hybridized carbons (Fsp3) is 0.238. The van der Waals surface area contributed by atoms with Gasteiger partial charge in [-0.15, -0.1) is 0 Å². The van der Waals surface area contributed by atoms with Crippen molar-refractivity contribution in [2.24, 2.45) is 0 Å². The molecule has 0 fully saturated rings. The first-order valence-corrected chi connectivity index (χ1v) is 9.45. The first-order chi connectivity index (χ1) is 13.2. The maximum atomic E-state index is 12.1. The zero-order valence-corrected chi connectivity index (χ0v) is 16.1. The van der Waals surface area contributed by atoms with Crippen molar-refractivity contribution in [3.63, 3.8) is 0 Å². The normalized spacial score (nSPS) is 11.2. The smallest absolute Gasteiger partial charge is 0.244 e. The number of carbonyl (C=O) groups excluding carboxylic acids is 1. The molecule has 0 atom stereocenters. The molecule has 5 nitrogen and oxygen atoms in total. The van der Waals surface area contributed by atoms with E-state index in [4.69, 9.17) is 11.6 Å². The average Bonchev–Trinajstić information content (AvgIpc) is 3.02. The van der Waals surface area contributed by atoms with Crippen LogP contribution in [0.3, 0.4) is 0 Å². The molecule has 1 N–H and O–H groups in total. The molecular weight excluding hydrogens is 360 g/mol. The molecule has 3 rings (SSSR count). The fourth-order valence-electron chi connectivity index (χ4n) is 2.94. The number of benzene rings is 1. The number of nitrogens with zero attached hydrogens (tertiary/aromatic N) is 3. The van der Waals surface area contributed by atoms with Crippen LogP contribution in [0.4, 0.5) is 5.69 Å². The van der Waals surface area contributed by atoms with Crippen LogP contribution in [-0.4, -0.2) is 34.9 Å². The van der Waals surface area contributed by atoms with Crippen molar-refractivity contribution in [3.05, 3.63) is 71.7 Å². The molecule has 0 aliphatic heterocycles. The fourth-order valence-corrected chi connectivity index (χ4v) is 3.18. The third kappa shape index (κ3) is 4.89. The molecule has 140 valence electrons. The van der Waals surface area contributed by atoms with Gasteiger partial charge in [-0.1, -0.05) is 35.9 Å². The summed E-state index contributed by atoms with van der Waals surface area (Å²) in [6.45, 7) is 4.58. The molecule has 0 unspecified atom stereocenters. The Morgan fingerprint density at radius 1 is 1.22 bits per heavy atom. The van der Waals surface area contributed by atoms with E-state index in [9.17, 15) is 4.79 Å². The van der Waals surface area contributed by atoms with Gasteiger partial charge in [0.25, 0.3) is 0 Å². The molecule has 2 heterocycles. The molecule has 0 radical (unpaired) electrons. The van der Waals surface area contributed by atoms with Crippen molar-refractivity contribution >= 4 is 34.9 Å². The summed E-state index contributed by atoms with van der Waals surface area (Å²) in [7, 11) is 0. The van der Waals surface area contributed by atoms with Gasteiger partial charge in [0.2, 0.25) is 5.91 Å². The lowest BCUT2D eigenvalue weighted by Crippen LogP contribution is -2.29. The number of rotatable bonds is 8. The lowest BCUT2D eigenvalue weighted by molar-refractivity contribution is -0.116. The highest BCUT2D eigenvalue weighted by atomic mass is 35.5. The SMILES string of the molecule is CCN(CCCNC(=O)/C=C/c1c(Cl)nc2ccccn12)c1ccccc1. The number of nitrogens with one attached hydrogen (secondary N) is 1. The molecule has 0 aliphatic carbocycles. The number of aromatic nitrogens is 2. The third-order valence-corrected chi connectivity index (χ3v) is 4.60. The standard InChI is InChI=1S/C21H23ClN4O/c1-2-25(17-9-4-3-5-10-17)15-8-14-23-20(27)13-12-18-21(22)24-19-11-6-7-16-26(18)19/h3-7,9-13,16H,2,8,14-15H2,1H3,(H,23,27)/b13-12+. The zero-order valence-electron chi connectivity index (χ0n) is 15.3. The second-order valence-electron chi connectivity index (χ2n) is 6.11. The van der Waals surface area contributed by atoms with E-state index in [0.29, 0.717) is 17.4 Å². The highest BCUT2D eigenvalue weighted by Gasteiger charge is 2.07. The Morgan fingerprint density at radius 3 is 2.78 bits per heavy atom. The molecule has 0 aliphatic rings. The van der Waals surface area contributed by atoms with Crippen molar-refractivity contribution in [2.45, 2.75) is 13.3 Å². The second kappa shape index (κ2) is 9.24. The van der Waals surface area contributed by atoms with Gasteiger partial charge in [0, 0.05) is 37.6 Å². The summed E-state index contributed by atoms with van der Waals surface area (Å²) >= 11 is 6.17. The number of carbonyl (C=O) groups is 1. The van der Waals surface area contributed by atoms with Gasteiger partial charge in [-0.25, -0.2) is 4.98 Å². The molecule has 27 heavy (non-hydrogen) atoms. The number of anilines is 1. The van der Waals surface area contributed by atoms with E-state index in [1.54, 1.807) is 6.08 Å². The van der Waals surface area contributed by atoms with Crippen LogP contribution in [0.25, 0.3) is 11.7 Å². The maximum Gasteiger partial charge on any atom is 0.244 e. The van der Waals surface area contributed by atoms with E-state index in [0.717, 1.165) is 25.2 Å². The minimum atomic E-state index is -0.139. The Morgan fingerprint density at radius 2 is 2.00 bits per heavy atom. The van der Waals surface area contributed by atoms with E-state index in [1.807, 2.05) is 47.0 Å². The Hall–Kier alpha value is -2.79. The molecule has 0 spiro atoms. The minimum absolute atomic E-state index is 0.139. The molecule has 1 aromatic carbocycles. The van der Waals surface area contributed by atoms with Crippen LogP contribution < -0.4 is 10.2 Å². The molecule has 6 heteroatoms. The van der Waals surface area contributed by atoms with Crippen LogP contribution >= 0.6 is 11.6 Å². The summed E-state index contributed by atoms with van der Waals surface area (Å²) < 4.78 is 1.85. The number of amides is 1. The molecule has 0 saturated heterocycles. The van der Waals surface area contributed by atoms with Gasteiger partial charge < -0.3 is 10.2 Å². The minimum Gasteiger partial charge on any atom is -0.372 e. The van der Waals surface area contributed by atoms with Crippen LogP contribution in [0.2, 0.25) is 5.15 Å². The largest absolute Gasteiger partial charge is 0.372 e. The van der Waals surface area contributed by atoms with Crippen molar-refractivity contribution < 1.29 is 4.79 Å². The number of para-hydroxylation sites is 1. The molecule has 3 aromatic rings. The van der Waals surface area contributed by atoms with Gasteiger partial charge in [0.15, 0.2) is 5.15 Å². The summed E-state index contributed by atoms with van der Waals surface area (Å²) in [5.74, 6) is -0.139. The predicted molar refractivity (Wildman–Crippen MR) is 111 cm³/mol. The Bertz CT molecular complexity index is 920. The monoisotopic (exact) mass is 382 g/mol. The Balaban J connectivity index is 1.49. The highest BCUT2D eigenvalue weighted by Crippen LogP contribution is 2.18. The number of hydrogen-bond acceptors (Lipinski definition) is 3. The number of fused-ring (bicyclic) bond motifs is 1. The molecule has 2 aromatic heterocycles. The van der Waals surface area contributed by atoms with Gasteiger partial charge in [-0.2, -0.15) is 0 Å². The average molecular weight is 383 g/mol. The topological polar surface area (TPSA) is 49.6 Å². The highest BCUT2D eigenvalue weighted by molar-refractivity contribution is 6.31. The molecular formula is C21H23ClN4O. The van der Waals surface area contributed by atoms with Gasteiger partial charge in [0.1, 0.15) is 5.65 Å². The van der Waals surface area contributed by atoms with Crippen LogP contribution in [0.1, 0.15) is 19.0 Å². The number of imidazole rings is 1. The number of pyridine rings is 1. The zero-order chi connectivity index (χ0) is 19.1. The summed E-state index contributed by atoms with van der Waals surface area (Å²) in [4.78, 5) is 18.6. The number of halogens is 1. The van der Waals surface area contributed by atoms with E-state index in [2.05, 4.69) is 34.3 Å². The first kappa shape index (κ1) is 19.0. The third-order valence-electron chi connectivity index (χ3n) is 4.32. The Labute approximate surface area is 164 Å². The lowest BCUT2D eigenvalue weighted by Gasteiger charge is -2.23. The van der Waals surface area contributed by atoms with Crippen LogP contribution in [0.5, 0.6) is 0 Å². The van der Waals surface area contributed by atoms with Gasteiger partial charge in [-0.3, -0.25) is 9.20 Å². The predicted octanol–water partition coefficient (Wildman–Crippen LogP) is 4.03. The molecule has 0 saturated carbocycles. The molecule has 1 amide bonds.